The van der Waals surface area contributed by atoms with E-state index in [-0.39, 0.29) is 11.5 Å². The molecular formula is C15H12F2O3. The van der Waals surface area contributed by atoms with Gasteiger partial charge in [0.15, 0.2) is 11.6 Å². The van der Waals surface area contributed by atoms with Crippen LogP contribution in [0.3, 0.4) is 0 Å². The van der Waals surface area contributed by atoms with Crippen molar-refractivity contribution < 1.29 is 23.0 Å². The number of carbonyl (C=O) groups is 1. The molecule has 0 aliphatic heterocycles. The van der Waals surface area contributed by atoms with Crippen molar-refractivity contribution >= 4 is 5.97 Å². The Kier molecular flexibility index (Phi) is 3.98. The molecule has 0 aliphatic rings. The second kappa shape index (κ2) is 5.69. The molecule has 0 unspecified atom stereocenters. The van der Waals surface area contributed by atoms with E-state index in [0.717, 1.165) is 11.6 Å². The second-order valence-corrected chi connectivity index (χ2v) is 4.15. The summed E-state index contributed by atoms with van der Waals surface area (Å²) in [6, 6.07) is 8.93. The van der Waals surface area contributed by atoms with Gasteiger partial charge in [0, 0.05) is 0 Å². The van der Waals surface area contributed by atoms with Gasteiger partial charge in [-0.05, 0) is 31.2 Å². The molecule has 2 aromatic carbocycles. The third-order valence-electron chi connectivity index (χ3n) is 2.72. The van der Waals surface area contributed by atoms with Crippen LogP contribution in [0.25, 0.3) is 0 Å². The lowest BCUT2D eigenvalue weighted by Gasteiger charge is -2.08. The zero-order chi connectivity index (χ0) is 14.7. The average Bonchev–Trinajstić information content (AvgIpc) is 2.44. The van der Waals surface area contributed by atoms with Gasteiger partial charge in [-0.2, -0.15) is 4.39 Å². The van der Waals surface area contributed by atoms with Gasteiger partial charge >= 0.3 is 5.97 Å². The van der Waals surface area contributed by atoms with Crippen molar-refractivity contribution in [1.29, 1.82) is 0 Å². The monoisotopic (exact) mass is 278 g/mol. The highest BCUT2D eigenvalue weighted by Gasteiger charge is 2.20. The number of benzene rings is 2. The molecule has 0 aliphatic carbocycles. The smallest absolute Gasteiger partial charge is 0.346 e. The molecule has 5 heteroatoms. The Bertz CT molecular complexity index is 636. The first kappa shape index (κ1) is 14.0. The van der Waals surface area contributed by atoms with Crippen LogP contribution in [0.4, 0.5) is 8.78 Å². The van der Waals surface area contributed by atoms with E-state index in [2.05, 4.69) is 4.74 Å². The van der Waals surface area contributed by atoms with E-state index in [1.54, 1.807) is 24.3 Å². The number of rotatable bonds is 3. The zero-order valence-corrected chi connectivity index (χ0v) is 10.9. The topological polar surface area (TPSA) is 35.5 Å². The van der Waals surface area contributed by atoms with Gasteiger partial charge in [-0.15, -0.1) is 0 Å². The normalized spacial score (nSPS) is 10.2. The highest BCUT2D eigenvalue weighted by Crippen LogP contribution is 2.23. The summed E-state index contributed by atoms with van der Waals surface area (Å²) >= 11 is 0. The minimum atomic E-state index is -1.29. The largest absolute Gasteiger partial charge is 0.494 e. The molecule has 0 saturated carbocycles. The number of ether oxygens (including phenoxy) is 2. The molecule has 0 N–H and O–H groups in total. The van der Waals surface area contributed by atoms with Crippen molar-refractivity contribution in [2.45, 2.75) is 6.92 Å². The van der Waals surface area contributed by atoms with Crippen LogP contribution in [0, 0.1) is 18.6 Å². The van der Waals surface area contributed by atoms with Crippen LogP contribution in [0.1, 0.15) is 15.9 Å². The molecule has 0 radical (unpaired) electrons. The lowest BCUT2D eigenvalue weighted by molar-refractivity contribution is 0.0728. The quantitative estimate of drug-likeness (QED) is 0.636. The van der Waals surface area contributed by atoms with Gasteiger partial charge in [0.2, 0.25) is 5.82 Å². The first-order valence-corrected chi connectivity index (χ1v) is 5.83. The maximum atomic E-state index is 13.7. The van der Waals surface area contributed by atoms with Crippen LogP contribution in [0.2, 0.25) is 0 Å². The summed E-state index contributed by atoms with van der Waals surface area (Å²) in [5, 5.41) is 0. The first-order chi connectivity index (χ1) is 9.52. The first-order valence-electron chi connectivity index (χ1n) is 5.83. The van der Waals surface area contributed by atoms with Crippen LogP contribution in [0.5, 0.6) is 11.5 Å². The molecular weight excluding hydrogens is 266 g/mol. The van der Waals surface area contributed by atoms with Gasteiger partial charge in [0.05, 0.1) is 12.7 Å². The molecule has 0 bridgehead atoms. The van der Waals surface area contributed by atoms with Crippen LogP contribution in [-0.2, 0) is 0 Å². The molecule has 104 valence electrons. The molecule has 2 rings (SSSR count). The van der Waals surface area contributed by atoms with Gasteiger partial charge < -0.3 is 9.47 Å². The molecule has 0 fully saturated rings. The fourth-order valence-corrected chi connectivity index (χ4v) is 1.62. The van der Waals surface area contributed by atoms with Crippen molar-refractivity contribution in [3.63, 3.8) is 0 Å². The van der Waals surface area contributed by atoms with E-state index in [1.807, 2.05) is 6.92 Å². The Hall–Kier alpha value is -2.43. The van der Waals surface area contributed by atoms with Crippen molar-refractivity contribution in [2.75, 3.05) is 7.11 Å². The Labute approximate surface area is 114 Å². The Morgan fingerprint density at radius 3 is 2.25 bits per heavy atom. The Balaban J connectivity index is 2.25. The fraction of sp³-hybridized carbons (Fsp3) is 0.133. The van der Waals surface area contributed by atoms with Crippen LogP contribution in [-0.4, -0.2) is 13.1 Å². The second-order valence-electron chi connectivity index (χ2n) is 4.15. The zero-order valence-electron chi connectivity index (χ0n) is 10.9. The van der Waals surface area contributed by atoms with E-state index in [4.69, 9.17) is 4.74 Å². The number of hydrogen-bond donors (Lipinski definition) is 0. The molecule has 3 nitrogen and oxygen atoms in total. The van der Waals surface area contributed by atoms with Crippen molar-refractivity contribution in [2.24, 2.45) is 0 Å². The van der Waals surface area contributed by atoms with E-state index >= 15 is 0 Å². The number of halogens is 2. The maximum Gasteiger partial charge on any atom is 0.346 e. The summed E-state index contributed by atoms with van der Waals surface area (Å²) in [4.78, 5) is 11.8. The molecule has 0 aromatic heterocycles. The number of methoxy groups -OCH3 is 1. The predicted molar refractivity (Wildman–Crippen MR) is 69.0 cm³/mol. The lowest BCUT2D eigenvalue weighted by atomic mass is 10.2. The highest BCUT2D eigenvalue weighted by atomic mass is 19.2. The number of aryl methyl sites for hydroxylation is 1. The summed E-state index contributed by atoms with van der Waals surface area (Å²) in [5.41, 5.74) is 0.510. The average molecular weight is 278 g/mol. The van der Waals surface area contributed by atoms with E-state index in [0.29, 0.717) is 0 Å². The molecule has 0 spiro atoms. The van der Waals surface area contributed by atoms with E-state index < -0.39 is 23.2 Å². The van der Waals surface area contributed by atoms with Crippen LogP contribution in [0.15, 0.2) is 36.4 Å². The van der Waals surface area contributed by atoms with Gasteiger partial charge in [-0.3, -0.25) is 0 Å². The highest BCUT2D eigenvalue weighted by molar-refractivity contribution is 5.91. The lowest BCUT2D eigenvalue weighted by Crippen LogP contribution is -2.12. The van der Waals surface area contributed by atoms with Crippen LogP contribution < -0.4 is 9.47 Å². The number of hydrogen-bond acceptors (Lipinski definition) is 3. The molecule has 0 saturated heterocycles. The SMILES string of the molecule is COc1ccc(C(=O)Oc2ccc(C)cc2)c(F)c1F. The molecule has 2 aromatic rings. The van der Waals surface area contributed by atoms with Gasteiger partial charge in [-0.25, -0.2) is 9.18 Å². The summed E-state index contributed by atoms with van der Waals surface area (Å²) in [7, 11) is 1.21. The third-order valence-corrected chi connectivity index (χ3v) is 2.72. The molecule has 0 heterocycles. The van der Waals surface area contributed by atoms with Crippen molar-refractivity contribution in [1.82, 2.24) is 0 Å². The van der Waals surface area contributed by atoms with Gasteiger partial charge in [0.1, 0.15) is 5.75 Å². The maximum absolute atomic E-state index is 13.7. The Morgan fingerprint density at radius 1 is 1.00 bits per heavy atom. The third kappa shape index (κ3) is 2.77. The van der Waals surface area contributed by atoms with E-state index in [9.17, 15) is 13.6 Å². The molecule has 0 atom stereocenters. The molecule has 20 heavy (non-hydrogen) atoms. The van der Waals surface area contributed by atoms with Gasteiger partial charge in [-0.1, -0.05) is 17.7 Å². The number of esters is 1. The molecule has 0 amide bonds. The minimum absolute atomic E-state index is 0.260. The summed E-state index contributed by atoms with van der Waals surface area (Å²) < 4.78 is 36.8. The van der Waals surface area contributed by atoms with Crippen molar-refractivity contribution in [3.8, 4) is 11.5 Å². The predicted octanol–water partition coefficient (Wildman–Crippen LogP) is 3.50. The van der Waals surface area contributed by atoms with Crippen molar-refractivity contribution in [3.05, 3.63) is 59.2 Å². The summed E-state index contributed by atoms with van der Waals surface area (Å²) in [5.74, 6) is -3.48. The number of carbonyl (C=O) groups excluding carboxylic acids is 1. The standard InChI is InChI=1S/C15H12F2O3/c1-9-3-5-10(6-4-9)20-15(18)11-7-8-12(19-2)14(17)13(11)16/h3-8H,1-2H3. The van der Waals surface area contributed by atoms with E-state index in [1.165, 1.54) is 13.2 Å². The fourth-order valence-electron chi connectivity index (χ4n) is 1.62. The minimum Gasteiger partial charge on any atom is -0.494 e. The van der Waals surface area contributed by atoms with Crippen LogP contribution >= 0.6 is 0 Å². The Morgan fingerprint density at radius 2 is 1.65 bits per heavy atom. The summed E-state index contributed by atoms with van der Waals surface area (Å²) in [6.45, 7) is 1.88. The summed E-state index contributed by atoms with van der Waals surface area (Å²) in [6.07, 6.45) is 0. The van der Waals surface area contributed by atoms with Gasteiger partial charge in [0.25, 0.3) is 0 Å².